The van der Waals surface area contributed by atoms with Crippen LogP contribution >= 0.6 is 11.8 Å². The van der Waals surface area contributed by atoms with Gasteiger partial charge in [-0.1, -0.05) is 42.0 Å². The van der Waals surface area contributed by atoms with Gasteiger partial charge in [0.25, 0.3) is 0 Å². The van der Waals surface area contributed by atoms with Gasteiger partial charge in [0.1, 0.15) is 0 Å². The van der Waals surface area contributed by atoms with E-state index in [1.54, 1.807) is 11.8 Å². The van der Waals surface area contributed by atoms with Crippen molar-refractivity contribution in [1.29, 1.82) is 0 Å². The Morgan fingerprint density at radius 2 is 1.58 bits per heavy atom. The van der Waals surface area contributed by atoms with Crippen LogP contribution in [0.4, 0.5) is 5.69 Å². The molecule has 2 N–H and O–H groups in total. The Morgan fingerprint density at radius 1 is 0.923 bits per heavy atom. The highest BCUT2D eigenvalue weighted by Gasteiger charge is 2.10. The number of nitrogens with one attached hydrogen (secondary N) is 2. The molecule has 0 saturated heterocycles. The zero-order chi connectivity index (χ0) is 19.1. The van der Waals surface area contributed by atoms with Crippen LogP contribution in [0.2, 0.25) is 0 Å². The number of amides is 2. The molecule has 0 aliphatic carbocycles. The van der Waals surface area contributed by atoms with E-state index in [0.29, 0.717) is 5.75 Å². The molecule has 0 aliphatic heterocycles. The molecule has 0 saturated carbocycles. The average molecular weight is 371 g/mol. The number of anilines is 1. The van der Waals surface area contributed by atoms with Gasteiger partial charge >= 0.3 is 0 Å². The van der Waals surface area contributed by atoms with E-state index in [4.69, 9.17) is 0 Å². The van der Waals surface area contributed by atoms with E-state index in [1.165, 1.54) is 11.1 Å². The van der Waals surface area contributed by atoms with Gasteiger partial charge in [-0.15, -0.1) is 11.8 Å². The van der Waals surface area contributed by atoms with Gasteiger partial charge in [-0.05, 0) is 49.9 Å². The van der Waals surface area contributed by atoms with Crippen LogP contribution in [-0.4, -0.2) is 24.1 Å². The Bertz CT molecular complexity index is 779. The summed E-state index contributed by atoms with van der Waals surface area (Å²) < 4.78 is 0. The summed E-state index contributed by atoms with van der Waals surface area (Å²) in [6, 6.07) is 12.2. The monoisotopic (exact) mass is 370 g/mol. The molecule has 2 aromatic carbocycles. The lowest BCUT2D eigenvalue weighted by Gasteiger charge is -2.13. The Morgan fingerprint density at radius 3 is 2.23 bits per heavy atom. The normalized spacial score (nSPS) is 10.5. The quantitative estimate of drug-likeness (QED) is 0.777. The summed E-state index contributed by atoms with van der Waals surface area (Å²) in [6.07, 6.45) is 0. The summed E-state index contributed by atoms with van der Waals surface area (Å²) in [6.45, 7) is 8.01. The van der Waals surface area contributed by atoms with Crippen molar-refractivity contribution in [2.24, 2.45) is 0 Å². The first-order valence-corrected chi connectivity index (χ1v) is 9.79. The second-order valence-electron chi connectivity index (χ2n) is 6.52. The number of aryl methyl sites for hydroxylation is 4. The second-order valence-corrected chi connectivity index (χ2v) is 7.50. The summed E-state index contributed by atoms with van der Waals surface area (Å²) in [5.41, 5.74) is 6.49. The van der Waals surface area contributed by atoms with Crippen molar-refractivity contribution in [2.75, 3.05) is 17.6 Å². The molecule has 2 rings (SSSR count). The molecule has 0 fully saturated rings. The summed E-state index contributed by atoms with van der Waals surface area (Å²) in [5, 5.41) is 5.57. The highest BCUT2D eigenvalue weighted by Crippen LogP contribution is 2.21. The SMILES string of the molecule is Cc1cc(C)c(NC(=O)CNC(=O)CSCc2ccccc2C)c(C)c1. The Hall–Kier alpha value is -2.27. The number of thioether (sulfide) groups is 1. The van der Waals surface area contributed by atoms with Crippen LogP contribution in [0.1, 0.15) is 27.8 Å². The molecule has 0 aromatic heterocycles. The standard InChI is InChI=1S/C21H26N2O2S/c1-14-9-16(3)21(17(4)10-14)23-19(24)11-22-20(25)13-26-12-18-8-6-5-7-15(18)2/h5-10H,11-13H2,1-4H3,(H,22,25)(H,23,24). The van der Waals surface area contributed by atoms with Gasteiger partial charge in [0, 0.05) is 11.4 Å². The highest BCUT2D eigenvalue weighted by molar-refractivity contribution is 7.99. The molecule has 0 spiro atoms. The Kier molecular flexibility index (Phi) is 7.27. The van der Waals surface area contributed by atoms with Crippen molar-refractivity contribution in [3.8, 4) is 0 Å². The topological polar surface area (TPSA) is 58.2 Å². The minimum Gasteiger partial charge on any atom is -0.346 e. The lowest BCUT2D eigenvalue weighted by atomic mass is 10.1. The van der Waals surface area contributed by atoms with Crippen LogP contribution in [0.15, 0.2) is 36.4 Å². The van der Waals surface area contributed by atoms with E-state index in [9.17, 15) is 9.59 Å². The number of carbonyl (C=O) groups excluding carboxylic acids is 2. The molecule has 5 heteroatoms. The van der Waals surface area contributed by atoms with E-state index < -0.39 is 0 Å². The smallest absolute Gasteiger partial charge is 0.243 e. The lowest BCUT2D eigenvalue weighted by molar-refractivity contribution is -0.122. The molecule has 0 aliphatic rings. The van der Waals surface area contributed by atoms with Crippen molar-refractivity contribution in [1.82, 2.24) is 5.32 Å². The van der Waals surface area contributed by atoms with E-state index in [1.807, 2.05) is 45.0 Å². The van der Waals surface area contributed by atoms with Crippen molar-refractivity contribution in [2.45, 2.75) is 33.4 Å². The fourth-order valence-electron chi connectivity index (χ4n) is 2.82. The molecule has 26 heavy (non-hydrogen) atoms. The third kappa shape index (κ3) is 5.92. The van der Waals surface area contributed by atoms with Gasteiger partial charge < -0.3 is 10.6 Å². The van der Waals surface area contributed by atoms with Gasteiger partial charge in [-0.25, -0.2) is 0 Å². The van der Waals surface area contributed by atoms with Crippen molar-refractivity contribution in [3.05, 3.63) is 64.2 Å². The number of benzene rings is 2. The Balaban J connectivity index is 1.75. The molecule has 2 aromatic rings. The largest absolute Gasteiger partial charge is 0.346 e. The van der Waals surface area contributed by atoms with Crippen LogP contribution in [-0.2, 0) is 15.3 Å². The zero-order valence-corrected chi connectivity index (χ0v) is 16.6. The maximum Gasteiger partial charge on any atom is 0.243 e. The number of rotatable bonds is 7. The first kappa shape index (κ1) is 20.0. The van der Waals surface area contributed by atoms with Crippen LogP contribution < -0.4 is 10.6 Å². The van der Waals surface area contributed by atoms with Crippen molar-refractivity contribution in [3.63, 3.8) is 0 Å². The first-order chi connectivity index (χ1) is 12.4. The van der Waals surface area contributed by atoms with Gasteiger partial charge in [0.05, 0.1) is 12.3 Å². The molecule has 0 bridgehead atoms. The van der Waals surface area contributed by atoms with Crippen LogP contribution in [0.3, 0.4) is 0 Å². The fourth-order valence-corrected chi connectivity index (χ4v) is 3.75. The van der Waals surface area contributed by atoms with Gasteiger partial charge in [-0.3, -0.25) is 9.59 Å². The molecular formula is C21H26N2O2S. The fraction of sp³-hybridized carbons (Fsp3) is 0.333. The van der Waals surface area contributed by atoms with E-state index in [0.717, 1.165) is 28.1 Å². The first-order valence-electron chi connectivity index (χ1n) is 8.63. The molecule has 4 nitrogen and oxygen atoms in total. The van der Waals surface area contributed by atoms with Crippen LogP contribution in [0.25, 0.3) is 0 Å². The molecule has 2 amide bonds. The summed E-state index contributed by atoms with van der Waals surface area (Å²) in [7, 11) is 0. The number of hydrogen-bond donors (Lipinski definition) is 2. The minimum absolute atomic E-state index is 0.0173. The molecule has 138 valence electrons. The maximum atomic E-state index is 12.1. The van der Waals surface area contributed by atoms with E-state index in [2.05, 4.69) is 29.7 Å². The molecule has 0 radical (unpaired) electrons. The molecular weight excluding hydrogens is 344 g/mol. The maximum absolute atomic E-state index is 12.1. The van der Waals surface area contributed by atoms with Crippen molar-refractivity contribution < 1.29 is 9.59 Å². The van der Waals surface area contributed by atoms with E-state index in [-0.39, 0.29) is 18.4 Å². The summed E-state index contributed by atoms with van der Waals surface area (Å²) >= 11 is 1.55. The average Bonchev–Trinajstić information content (AvgIpc) is 2.58. The molecule has 0 unspecified atom stereocenters. The third-order valence-electron chi connectivity index (χ3n) is 4.14. The lowest BCUT2D eigenvalue weighted by Crippen LogP contribution is -2.34. The van der Waals surface area contributed by atoms with Gasteiger partial charge in [-0.2, -0.15) is 0 Å². The van der Waals surface area contributed by atoms with Crippen LogP contribution in [0.5, 0.6) is 0 Å². The minimum atomic E-state index is -0.211. The van der Waals surface area contributed by atoms with Crippen LogP contribution in [0, 0.1) is 27.7 Å². The van der Waals surface area contributed by atoms with E-state index >= 15 is 0 Å². The second kappa shape index (κ2) is 9.43. The predicted molar refractivity (Wildman–Crippen MR) is 110 cm³/mol. The highest BCUT2D eigenvalue weighted by atomic mass is 32.2. The van der Waals surface area contributed by atoms with Crippen molar-refractivity contribution >= 4 is 29.3 Å². The van der Waals surface area contributed by atoms with Gasteiger partial charge in [0.15, 0.2) is 0 Å². The number of hydrogen-bond acceptors (Lipinski definition) is 3. The van der Waals surface area contributed by atoms with Gasteiger partial charge in [0.2, 0.25) is 11.8 Å². The molecule has 0 heterocycles. The zero-order valence-electron chi connectivity index (χ0n) is 15.8. The number of carbonyl (C=O) groups is 2. The molecule has 0 atom stereocenters. The Labute approximate surface area is 159 Å². The predicted octanol–water partition coefficient (Wildman–Crippen LogP) is 3.91. The summed E-state index contributed by atoms with van der Waals surface area (Å²) in [4.78, 5) is 24.1. The summed E-state index contributed by atoms with van der Waals surface area (Å²) in [5.74, 6) is 0.784. The third-order valence-corrected chi connectivity index (χ3v) is 5.12.